The van der Waals surface area contributed by atoms with Crippen LogP contribution in [-0.4, -0.2) is 56.5 Å². The van der Waals surface area contributed by atoms with E-state index >= 15 is 0 Å². The van der Waals surface area contributed by atoms with E-state index < -0.39 is 22.0 Å². The molecule has 168 valence electrons. The van der Waals surface area contributed by atoms with Crippen molar-refractivity contribution in [2.24, 2.45) is 0 Å². The number of rotatable bonds is 12. The van der Waals surface area contributed by atoms with Crippen molar-refractivity contribution in [3.63, 3.8) is 0 Å². The summed E-state index contributed by atoms with van der Waals surface area (Å²) in [5, 5.41) is 14.9. The van der Waals surface area contributed by atoms with Crippen molar-refractivity contribution < 1.29 is 23.1 Å². The third-order valence-electron chi connectivity index (χ3n) is 4.32. The molecule has 0 aliphatic carbocycles. The van der Waals surface area contributed by atoms with Crippen LogP contribution in [0.1, 0.15) is 23.2 Å². The van der Waals surface area contributed by atoms with Gasteiger partial charge in [0.1, 0.15) is 11.8 Å². The van der Waals surface area contributed by atoms with Gasteiger partial charge >= 0.3 is 0 Å². The molecule has 0 fully saturated rings. The Morgan fingerprint density at radius 2 is 1.74 bits per heavy atom. The van der Waals surface area contributed by atoms with Gasteiger partial charge in [0.15, 0.2) is 0 Å². The summed E-state index contributed by atoms with van der Waals surface area (Å²) >= 11 is 1.52. The lowest BCUT2D eigenvalue weighted by molar-refractivity contribution is -0.122. The Morgan fingerprint density at radius 1 is 1.03 bits per heavy atom. The van der Waals surface area contributed by atoms with Crippen LogP contribution < -0.4 is 15.4 Å². The van der Waals surface area contributed by atoms with E-state index in [0.717, 1.165) is 0 Å². The van der Waals surface area contributed by atoms with Gasteiger partial charge < -0.3 is 15.7 Å². The molecule has 0 bridgehead atoms. The minimum absolute atomic E-state index is 0.00847. The number of aromatic hydroxyl groups is 1. The lowest BCUT2D eigenvalue weighted by Gasteiger charge is -2.18. The highest BCUT2D eigenvalue weighted by molar-refractivity contribution is 7.98. The number of thioether (sulfide) groups is 1. The maximum atomic E-state index is 12.6. The Bertz CT molecular complexity index is 968. The first-order valence-electron chi connectivity index (χ1n) is 9.75. The number of carbonyl (C=O) groups excluding carboxylic acids is 2. The maximum Gasteiger partial charge on any atom is 0.251 e. The molecule has 8 nitrogen and oxygen atoms in total. The van der Waals surface area contributed by atoms with Crippen molar-refractivity contribution in [2.75, 3.05) is 25.1 Å². The smallest absolute Gasteiger partial charge is 0.251 e. The summed E-state index contributed by atoms with van der Waals surface area (Å²) < 4.78 is 27.6. The van der Waals surface area contributed by atoms with Gasteiger partial charge in [0.2, 0.25) is 15.9 Å². The topological polar surface area (TPSA) is 125 Å². The Labute approximate surface area is 186 Å². The summed E-state index contributed by atoms with van der Waals surface area (Å²) in [7, 11) is -3.81. The number of phenols is 1. The zero-order valence-corrected chi connectivity index (χ0v) is 18.8. The number of sulfonamides is 1. The largest absolute Gasteiger partial charge is 0.508 e. The molecule has 0 saturated carbocycles. The molecule has 0 heterocycles. The van der Waals surface area contributed by atoms with E-state index in [1.807, 2.05) is 6.26 Å². The molecule has 0 saturated heterocycles. The summed E-state index contributed by atoms with van der Waals surface area (Å²) in [6.07, 6.45) is 2.71. The summed E-state index contributed by atoms with van der Waals surface area (Å²) in [6.45, 7) is 0.599. The molecule has 1 unspecified atom stereocenters. The van der Waals surface area contributed by atoms with Gasteiger partial charge in [-0.1, -0.05) is 24.3 Å². The SMILES string of the molecule is CSCCC(NS(=O)(=O)c1ccccc1)C(=O)NCCCNC(=O)c1cccc(O)c1. The molecule has 4 N–H and O–H groups in total. The molecule has 2 aromatic rings. The van der Waals surface area contributed by atoms with Gasteiger partial charge in [-0.3, -0.25) is 9.59 Å². The first-order valence-corrected chi connectivity index (χ1v) is 12.6. The molecule has 0 aliphatic rings. The minimum atomic E-state index is -3.81. The first kappa shape index (κ1) is 24.7. The number of hydrogen-bond donors (Lipinski definition) is 4. The van der Waals surface area contributed by atoms with Crippen molar-refractivity contribution in [1.29, 1.82) is 0 Å². The van der Waals surface area contributed by atoms with Gasteiger partial charge in [0, 0.05) is 18.7 Å². The average molecular weight is 466 g/mol. The first-order chi connectivity index (χ1) is 14.8. The molecule has 2 aromatic carbocycles. The summed E-state index contributed by atoms with van der Waals surface area (Å²) in [4.78, 5) is 24.7. The molecule has 0 aromatic heterocycles. The van der Waals surface area contributed by atoms with Gasteiger partial charge in [0.05, 0.1) is 4.90 Å². The molecule has 0 radical (unpaired) electrons. The fourth-order valence-corrected chi connectivity index (χ4v) is 4.43. The Hall–Kier alpha value is -2.56. The summed E-state index contributed by atoms with van der Waals surface area (Å²) in [5.41, 5.74) is 0.344. The standard InChI is InChI=1S/C21H27N3O5S2/c1-30-14-11-19(24-31(28,29)18-9-3-2-4-10-18)21(27)23-13-6-12-22-20(26)16-7-5-8-17(25)15-16/h2-5,7-10,15,19,24-25H,6,11-14H2,1H3,(H,22,26)(H,23,27). The molecule has 0 spiro atoms. The third kappa shape index (κ3) is 8.23. The van der Waals surface area contributed by atoms with E-state index in [-0.39, 0.29) is 23.1 Å². The van der Waals surface area contributed by atoms with E-state index in [2.05, 4.69) is 15.4 Å². The van der Waals surface area contributed by atoms with Crippen LogP contribution in [0.4, 0.5) is 0 Å². The highest BCUT2D eigenvalue weighted by Gasteiger charge is 2.25. The highest BCUT2D eigenvalue weighted by atomic mass is 32.2. The Morgan fingerprint density at radius 3 is 2.42 bits per heavy atom. The zero-order valence-electron chi connectivity index (χ0n) is 17.2. The molecular formula is C21H27N3O5S2. The lowest BCUT2D eigenvalue weighted by atomic mass is 10.2. The predicted molar refractivity (Wildman–Crippen MR) is 122 cm³/mol. The van der Waals surface area contributed by atoms with Crippen LogP contribution >= 0.6 is 11.8 Å². The number of phenolic OH excluding ortho intramolecular Hbond substituents is 1. The Balaban J connectivity index is 1.83. The van der Waals surface area contributed by atoms with E-state index in [0.29, 0.717) is 30.7 Å². The molecular weight excluding hydrogens is 438 g/mol. The summed E-state index contributed by atoms with van der Waals surface area (Å²) in [6, 6.07) is 13.0. The number of nitrogens with one attached hydrogen (secondary N) is 3. The monoisotopic (exact) mass is 465 g/mol. The van der Waals surface area contributed by atoms with Crippen molar-refractivity contribution in [3.8, 4) is 5.75 Å². The van der Waals surface area contributed by atoms with Crippen LogP contribution in [0.2, 0.25) is 0 Å². The number of benzene rings is 2. The van der Waals surface area contributed by atoms with Gasteiger partial charge in [-0.05, 0) is 55.2 Å². The number of carbonyl (C=O) groups is 2. The lowest BCUT2D eigenvalue weighted by Crippen LogP contribution is -2.47. The van der Waals surface area contributed by atoms with Crippen molar-refractivity contribution in [1.82, 2.24) is 15.4 Å². The second kappa shape index (κ2) is 12.3. The van der Waals surface area contributed by atoms with Gasteiger partial charge in [-0.25, -0.2) is 8.42 Å². The zero-order chi connectivity index (χ0) is 22.7. The molecule has 0 aliphatic heterocycles. The predicted octanol–water partition coefficient (Wildman–Crippen LogP) is 1.73. The molecule has 1 atom stereocenters. The Kier molecular flexibility index (Phi) is 9.83. The normalized spacial score (nSPS) is 12.2. The minimum Gasteiger partial charge on any atom is -0.508 e. The fourth-order valence-electron chi connectivity index (χ4n) is 2.71. The second-order valence-corrected chi connectivity index (χ2v) is 9.42. The van der Waals surface area contributed by atoms with E-state index in [1.165, 1.54) is 36.0 Å². The van der Waals surface area contributed by atoms with Crippen LogP contribution in [0.3, 0.4) is 0 Å². The second-order valence-electron chi connectivity index (χ2n) is 6.72. The quantitative estimate of drug-likeness (QED) is 0.354. The molecule has 2 amide bonds. The number of amides is 2. The van der Waals surface area contributed by atoms with Gasteiger partial charge in [-0.2, -0.15) is 16.5 Å². The third-order valence-corrected chi connectivity index (χ3v) is 6.46. The van der Waals surface area contributed by atoms with Gasteiger partial charge in [-0.15, -0.1) is 0 Å². The van der Waals surface area contributed by atoms with Crippen molar-refractivity contribution >= 4 is 33.6 Å². The van der Waals surface area contributed by atoms with Crippen molar-refractivity contribution in [3.05, 3.63) is 60.2 Å². The van der Waals surface area contributed by atoms with E-state index in [9.17, 15) is 23.1 Å². The number of hydrogen-bond acceptors (Lipinski definition) is 6. The summed E-state index contributed by atoms with van der Waals surface area (Å²) in [5.74, 6) is -0.104. The van der Waals surface area contributed by atoms with Gasteiger partial charge in [0.25, 0.3) is 5.91 Å². The molecule has 31 heavy (non-hydrogen) atoms. The molecule has 10 heteroatoms. The van der Waals surface area contributed by atoms with Crippen molar-refractivity contribution in [2.45, 2.75) is 23.8 Å². The van der Waals surface area contributed by atoms with Crippen LogP contribution in [0.25, 0.3) is 0 Å². The van der Waals surface area contributed by atoms with Crippen LogP contribution in [-0.2, 0) is 14.8 Å². The van der Waals surface area contributed by atoms with E-state index in [1.54, 1.807) is 30.3 Å². The van der Waals surface area contributed by atoms with Crippen LogP contribution in [0.15, 0.2) is 59.5 Å². The highest BCUT2D eigenvalue weighted by Crippen LogP contribution is 2.11. The van der Waals surface area contributed by atoms with Crippen LogP contribution in [0, 0.1) is 0 Å². The average Bonchev–Trinajstić information content (AvgIpc) is 2.76. The van der Waals surface area contributed by atoms with E-state index in [4.69, 9.17) is 0 Å². The fraction of sp³-hybridized carbons (Fsp3) is 0.333. The molecule has 2 rings (SSSR count). The van der Waals surface area contributed by atoms with Crippen LogP contribution in [0.5, 0.6) is 5.75 Å². The maximum absolute atomic E-state index is 12.6.